The quantitative estimate of drug-likeness (QED) is 0.474. The summed E-state index contributed by atoms with van der Waals surface area (Å²) in [6.45, 7) is 17.0. The minimum absolute atomic E-state index is 0.359. The van der Waals surface area contributed by atoms with Crippen molar-refractivity contribution in [3.8, 4) is 11.5 Å². The van der Waals surface area contributed by atoms with Gasteiger partial charge in [0, 0.05) is 5.56 Å². The molecule has 0 bridgehead atoms. The molecule has 0 aromatic heterocycles. The lowest BCUT2D eigenvalue weighted by atomic mass is 9.83. The molecule has 0 spiro atoms. The highest BCUT2D eigenvalue weighted by Crippen LogP contribution is 2.46. The maximum absolute atomic E-state index is 6.39. The Morgan fingerprint density at radius 3 is 1.88 bits per heavy atom. The Morgan fingerprint density at radius 2 is 1.25 bits per heavy atom. The Kier molecular flexibility index (Phi) is 9.24. The van der Waals surface area contributed by atoms with Gasteiger partial charge in [-0.2, -0.15) is 0 Å². The molecule has 3 unspecified atom stereocenters. The molecule has 1 aliphatic heterocycles. The number of hydrogen-bond donors (Lipinski definition) is 0. The highest BCUT2D eigenvalue weighted by Gasteiger charge is 2.24. The van der Waals surface area contributed by atoms with Crippen molar-refractivity contribution in [1.29, 1.82) is 0 Å². The lowest BCUT2D eigenvalue weighted by Gasteiger charge is -2.26. The average molecular weight is 443 g/mol. The second-order valence-electron chi connectivity index (χ2n) is 9.17. The van der Waals surface area contributed by atoms with Gasteiger partial charge in [0.15, 0.2) is 11.5 Å². The Labute approximate surface area is 194 Å². The molecule has 0 aliphatic carbocycles. The van der Waals surface area contributed by atoms with Gasteiger partial charge in [0.05, 0.1) is 26.4 Å². The minimum atomic E-state index is 0.359. The second-order valence-corrected chi connectivity index (χ2v) is 9.17. The van der Waals surface area contributed by atoms with Crippen LogP contribution in [0.15, 0.2) is 18.2 Å². The van der Waals surface area contributed by atoms with Crippen molar-refractivity contribution in [1.82, 2.24) is 0 Å². The van der Waals surface area contributed by atoms with E-state index in [9.17, 15) is 0 Å². The van der Waals surface area contributed by atoms with E-state index in [0.29, 0.717) is 57.4 Å². The van der Waals surface area contributed by atoms with Crippen molar-refractivity contribution in [2.75, 3.05) is 39.6 Å². The molecule has 0 amide bonds. The van der Waals surface area contributed by atoms with Crippen molar-refractivity contribution in [3.63, 3.8) is 0 Å². The smallest absolute Gasteiger partial charge is 0.165 e. The molecule has 1 heterocycles. The predicted molar refractivity (Wildman–Crippen MR) is 133 cm³/mol. The molecule has 2 aromatic carbocycles. The van der Waals surface area contributed by atoms with Gasteiger partial charge < -0.3 is 18.9 Å². The van der Waals surface area contributed by atoms with Crippen LogP contribution < -0.4 is 9.47 Å². The van der Waals surface area contributed by atoms with Gasteiger partial charge in [0.1, 0.15) is 13.2 Å². The van der Waals surface area contributed by atoms with Crippen LogP contribution in [0.3, 0.4) is 0 Å². The molecule has 178 valence electrons. The van der Waals surface area contributed by atoms with Gasteiger partial charge in [-0.15, -0.1) is 0 Å². The number of rotatable bonds is 6. The van der Waals surface area contributed by atoms with Crippen LogP contribution in [-0.4, -0.2) is 39.6 Å². The number of ether oxygens (including phenoxy) is 4. The molecule has 4 heteroatoms. The van der Waals surface area contributed by atoms with E-state index >= 15 is 0 Å². The van der Waals surface area contributed by atoms with Gasteiger partial charge in [-0.1, -0.05) is 53.7 Å². The van der Waals surface area contributed by atoms with E-state index in [-0.39, 0.29) is 0 Å². The Morgan fingerprint density at radius 1 is 0.656 bits per heavy atom. The first-order valence-electron chi connectivity index (χ1n) is 12.6. The SMILES string of the molecule is CCC(C)c1cc(C(C)CC)c2cc3c(c(C(C)CC)c2c1)OCCOCCOCCO3. The fourth-order valence-corrected chi connectivity index (χ4v) is 4.37. The third-order valence-electron chi connectivity index (χ3n) is 7.03. The largest absolute Gasteiger partial charge is 0.487 e. The van der Waals surface area contributed by atoms with Crippen LogP contribution in [0, 0.1) is 0 Å². The summed E-state index contributed by atoms with van der Waals surface area (Å²) < 4.78 is 24.0. The molecular weight excluding hydrogens is 400 g/mol. The maximum Gasteiger partial charge on any atom is 0.165 e. The normalized spacial score (nSPS) is 18.4. The topological polar surface area (TPSA) is 36.9 Å². The molecule has 4 nitrogen and oxygen atoms in total. The second kappa shape index (κ2) is 11.9. The summed E-state index contributed by atoms with van der Waals surface area (Å²) in [5.74, 6) is 3.08. The van der Waals surface area contributed by atoms with Gasteiger partial charge in [0.2, 0.25) is 0 Å². The maximum atomic E-state index is 6.39. The third kappa shape index (κ3) is 5.58. The summed E-state index contributed by atoms with van der Waals surface area (Å²) in [5.41, 5.74) is 4.11. The van der Waals surface area contributed by atoms with Crippen LogP contribution in [0.1, 0.15) is 95.2 Å². The van der Waals surface area contributed by atoms with Crippen LogP contribution in [0.4, 0.5) is 0 Å². The molecule has 0 fully saturated rings. The Bertz CT molecular complexity index is 876. The van der Waals surface area contributed by atoms with E-state index in [4.69, 9.17) is 18.9 Å². The first kappa shape index (κ1) is 24.9. The molecule has 0 saturated carbocycles. The van der Waals surface area contributed by atoms with E-state index in [1.54, 1.807) is 0 Å². The monoisotopic (exact) mass is 442 g/mol. The molecule has 0 N–H and O–H groups in total. The van der Waals surface area contributed by atoms with Gasteiger partial charge in [-0.25, -0.2) is 0 Å². The number of hydrogen-bond acceptors (Lipinski definition) is 4. The lowest BCUT2D eigenvalue weighted by Crippen LogP contribution is -2.17. The van der Waals surface area contributed by atoms with Crippen LogP contribution >= 0.6 is 0 Å². The molecule has 2 aromatic rings. The summed E-state index contributed by atoms with van der Waals surface area (Å²) in [6.07, 6.45) is 3.28. The summed E-state index contributed by atoms with van der Waals surface area (Å²) in [7, 11) is 0. The van der Waals surface area contributed by atoms with E-state index in [1.807, 2.05) is 0 Å². The Hall–Kier alpha value is -1.78. The highest BCUT2D eigenvalue weighted by molar-refractivity contribution is 5.94. The summed E-state index contributed by atoms with van der Waals surface area (Å²) in [5, 5.41) is 2.62. The predicted octanol–water partition coefficient (Wildman–Crippen LogP) is 7.18. The van der Waals surface area contributed by atoms with Crippen LogP contribution in [0.2, 0.25) is 0 Å². The molecule has 0 saturated heterocycles. The first-order valence-corrected chi connectivity index (χ1v) is 12.6. The zero-order valence-electron chi connectivity index (χ0n) is 21.0. The van der Waals surface area contributed by atoms with E-state index in [1.165, 1.54) is 27.5 Å². The number of benzene rings is 2. The summed E-state index contributed by atoms with van der Waals surface area (Å²) >= 11 is 0. The zero-order valence-corrected chi connectivity index (χ0v) is 21.0. The van der Waals surface area contributed by atoms with Gasteiger partial charge in [-0.3, -0.25) is 0 Å². The van der Waals surface area contributed by atoms with Crippen LogP contribution in [0.25, 0.3) is 10.8 Å². The molecule has 32 heavy (non-hydrogen) atoms. The average Bonchev–Trinajstić information content (AvgIpc) is 2.81. The first-order chi connectivity index (χ1) is 15.5. The van der Waals surface area contributed by atoms with E-state index in [0.717, 1.165) is 30.8 Å². The molecule has 0 radical (unpaired) electrons. The van der Waals surface area contributed by atoms with Crippen LogP contribution in [0.5, 0.6) is 11.5 Å². The van der Waals surface area contributed by atoms with Gasteiger partial charge >= 0.3 is 0 Å². The standard InChI is InChI=1S/C28H42O4/c1-7-19(4)22-16-23(20(5)8-2)24-18-26-28(27(21(6)9-3)25(24)17-22)32-15-13-30-11-10-29-12-14-31-26/h16-21H,7-15H2,1-6H3. The fraction of sp³-hybridized carbons (Fsp3) is 0.643. The minimum Gasteiger partial charge on any atom is -0.487 e. The lowest BCUT2D eigenvalue weighted by molar-refractivity contribution is 0.0222. The Balaban J connectivity index is 2.28. The fourth-order valence-electron chi connectivity index (χ4n) is 4.37. The van der Waals surface area contributed by atoms with Crippen molar-refractivity contribution in [3.05, 3.63) is 34.9 Å². The van der Waals surface area contributed by atoms with Crippen LogP contribution in [-0.2, 0) is 9.47 Å². The van der Waals surface area contributed by atoms with Crippen molar-refractivity contribution < 1.29 is 18.9 Å². The molecule has 1 aliphatic rings. The molecular formula is C28H42O4. The number of fused-ring (bicyclic) bond motifs is 2. The molecule has 3 atom stereocenters. The zero-order chi connectivity index (χ0) is 23.1. The van der Waals surface area contributed by atoms with E-state index < -0.39 is 0 Å². The van der Waals surface area contributed by atoms with Crippen molar-refractivity contribution >= 4 is 10.8 Å². The van der Waals surface area contributed by atoms with Crippen molar-refractivity contribution in [2.24, 2.45) is 0 Å². The van der Waals surface area contributed by atoms with Gasteiger partial charge in [0.25, 0.3) is 0 Å². The van der Waals surface area contributed by atoms with Crippen molar-refractivity contribution in [2.45, 2.75) is 78.6 Å². The summed E-state index contributed by atoms with van der Waals surface area (Å²) in [6, 6.07) is 7.06. The third-order valence-corrected chi connectivity index (χ3v) is 7.03. The van der Waals surface area contributed by atoms with Gasteiger partial charge in [-0.05, 0) is 65.0 Å². The van der Waals surface area contributed by atoms with E-state index in [2.05, 4.69) is 59.7 Å². The highest BCUT2D eigenvalue weighted by atomic mass is 16.6. The summed E-state index contributed by atoms with van der Waals surface area (Å²) in [4.78, 5) is 0. The molecule has 3 rings (SSSR count).